The van der Waals surface area contributed by atoms with Crippen molar-refractivity contribution in [3.05, 3.63) is 23.3 Å². The SMILES string of the molecule is CC(C)=CC(=O)OC1C2C(C)=CC(O)C(O)C2(C)C2C3(O)OCC24C(CC(=O)OC14)C(C)C3O. The number of carbonyl (C=O) groups excluding carboxylic acids is 2. The maximum Gasteiger partial charge on any atom is 0.331 e. The fourth-order valence-electron chi connectivity index (χ4n) is 8.34. The Bertz CT molecular complexity index is 985. The number of ether oxygens (including phenoxy) is 3. The molecule has 2 saturated carbocycles. The molecule has 0 aromatic carbocycles. The van der Waals surface area contributed by atoms with E-state index in [1.807, 2.05) is 0 Å². The van der Waals surface area contributed by atoms with Gasteiger partial charge in [-0.05, 0) is 32.6 Å². The number of hydrogen-bond donors (Lipinski definition) is 4. The average Bonchev–Trinajstić information content (AvgIpc) is 3.02. The number of aliphatic hydroxyl groups is 4. The second-order valence-electron chi connectivity index (χ2n) is 11.4. The minimum atomic E-state index is -2.03. The van der Waals surface area contributed by atoms with Gasteiger partial charge in [0.15, 0.2) is 5.79 Å². The van der Waals surface area contributed by atoms with E-state index in [0.29, 0.717) is 5.57 Å². The second-order valence-corrected chi connectivity index (χ2v) is 11.4. The summed E-state index contributed by atoms with van der Waals surface area (Å²) in [6.07, 6.45) is -2.96. The van der Waals surface area contributed by atoms with Crippen LogP contribution in [0.2, 0.25) is 0 Å². The highest BCUT2D eigenvalue weighted by Crippen LogP contribution is 2.74. The van der Waals surface area contributed by atoms with Crippen LogP contribution >= 0.6 is 0 Å². The van der Waals surface area contributed by atoms with Crippen molar-refractivity contribution in [1.82, 2.24) is 0 Å². The first-order valence-electron chi connectivity index (χ1n) is 11.9. The summed E-state index contributed by atoms with van der Waals surface area (Å²) in [6, 6.07) is 0. The van der Waals surface area contributed by atoms with E-state index in [9.17, 15) is 30.0 Å². The maximum atomic E-state index is 12.8. The van der Waals surface area contributed by atoms with Gasteiger partial charge in [0.25, 0.3) is 0 Å². The highest BCUT2D eigenvalue weighted by Gasteiger charge is 2.84. The summed E-state index contributed by atoms with van der Waals surface area (Å²) in [7, 11) is 0. The lowest BCUT2D eigenvalue weighted by molar-refractivity contribution is -0.350. The third-order valence-electron chi connectivity index (χ3n) is 9.39. The first-order valence-corrected chi connectivity index (χ1v) is 11.9. The lowest BCUT2D eigenvalue weighted by Crippen LogP contribution is -2.79. The molecule has 0 aromatic heterocycles. The van der Waals surface area contributed by atoms with Crippen molar-refractivity contribution in [2.75, 3.05) is 6.61 Å². The Morgan fingerprint density at radius 1 is 1.24 bits per heavy atom. The summed E-state index contributed by atoms with van der Waals surface area (Å²) in [5, 5.41) is 45.2. The monoisotopic (exact) mass is 478 g/mol. The molecule has 2 heterocycles. The van der Waals surface area contributed by atoms with Gasteiger partial charge in [-0.1, -0.05) is 31.1 Å². The Morgan fingerprint density at radius 3 is 2.56 bits per heavy atom. The number of rotatable bonds is 2. The molecule has 0 amide bonds. The van der Waals surface area contributed by atoms with Crippen LogP contribution < -0.4 is 0 Å². The van der Waals surface area contributed by atoms with E-state index < -0.39 is 82.7 Å². The van der Waals surface area contributed by atoms with Crippen LogP contribution in [0.25, 0.3) is 0 Å². The summed E-state index contributed by atoms with van der Waals surface area (Å²) in [5.74, 6) is -5.66. The van der Waals surface area contributed by atoms with Crippen molar-refractivity contribution < 1.29 is 44.2 Å². The molecule has 4 N–H and O–H groups in total. The van der Waals surface area contributed by atoms with Gasteiger partial charge < -0.3 is 34.6 Å². The predicted octanol–water partition coefficient (Wildman–Crippen LogP) is 0.446. The zero-order valence-corrected chi connectivity index (χ0v) is 20.1. The van der Waals surface area contributed by atoms with Crippen molar-refractivity contribution in [1.29, 1.82) is 0 Å². The summed E-state index contributed by atoms with van der Waals surface area (Å²) in [6.45, 7) is 8.75. The van der Waals surface area contributed by atoms with Gasteiger partial charge in [0.05, 0.1) is 18.8 Å². The molecule has 5 aliphatic rings. The van der Waals surface area contributed by atoms with E-state index in [-0.39, 0.29) is 13.0 Å². The second kappa shape index (κ2) is 7.36. The van der Waals surface area contributed by atoms with E-state index in [1.54, 1.807) is 34.6 Å². The van der Waals surface area contributed by atoms with E-state index >= 15 is 0 Å². The smallest absolute Gasteiger partial charge is 0.331 e. The van der Waals surface area contributed by atoms with Gasteiger partial charge in [0.2, 0.25) is 0 Å². The minimum Gasteiger partial charge on any atom is -0.458 e. The Hall–Kier alpha value is -1.78. The number of esters is 2. The molecular weight excluding hydrogens is 444 g/mol. The lowest BCUT2D eigenvalue weighted by atomic mass is 9.37. The quantitative estimate of drug-likeness (QED) is 0.253. The van der Waals surface area contributed by atoms with Crippen LogP contribution in [0.3, 0.4) is 0 Å². The summed E-state index contributed by atoms with van der Waals surface area (Å²) in [4.78, 5) is 25.7. The van der Waals surface area contributed by atoms with Crippen LogP contribution in [-0.4, -0.2) is 75.3 Å². The summed E-state index contributed by atoms with van der Waals surface area (Å²) >= 11 is 0. The average molecular weight is 479 g/mol. The molecule has 3 aliphatic carbocycles. The molecule has 12 unspecified atom stereocenters. The van der Waals surface area contributed by atoms with Crippen LogP contribution in [0.1, 0.15) is 41.0 Å². The normalized spacial score (nSPS) is 53.1. The highest BCUT2D eigenvalue weighted by molar-refractivity contribution is 5.83. The van der Waals surface area contributed by atoms with E-state index in [4.69, 9.17) is 14.2 Å². The van der Waals surface area contributed by atoms with Gasteiger partial charge in [0, 0.05) is 35.2 Å². The van der Waals surface area contributed by atoms with Gasteiger partial charge in [-0.3, -0.25) is 4.79 Å². The van der Waals surface area contributed by atoms with Crippen molar-refractivity contribution >= 4 is 11.9 Å². The minimum absolute atomic E-state index is 0.00746. The number of hydrogen-bond acceptors (Lipinski definition) is 9. The summed E-state index contributed by atoms with van der Waals surface area (Å²) in [5.41, 5.74) is -0.920. The molecule has 0 radical (unpaired) electrons. The standard InChI is InChI=1S/C25H34O9/c1-10(2)6-15(27)33-18-17-11(3)7-14(26)20(30)23(17,5)22-24-9-32-25(22,31)19(29)12(4)13(24)8-16(28)34-21(18)24/h6-7,12-14,17-22,26,29-31H,8-9H2,1-5H3. The lowest BCUT2D eigenvalue weighted by Gasteiger charge is -2.69. The zero-order chi connectivity index (χ0) is 25.0. The first-order chi connectivity index (χ1) is 15.8. The molecule has 1 spiro atoms. The topological polar surface area (TPSA) is 143 Å². The molecule has 0 aromatic rings. The molecule has 4 fully saturated rings. The Morgan fingerprint density at radius 2 is 1.91 bits per heavy atom. The van der Waals surface area contributed by atoms with Gasteiger partial charge >= 0.3 is 11.9 Å². The molecule has 188 valence electrons. The van der Waals surface area contributed by atoms with Crippen molar-refractivity contribution in [2.45, 2.75) is 77.3 Å². The molecule has 9 heteroatoms. The molecular formula is C25H34O9. The van der Waals surface area contributed by atoms with Crippen LogP contribution in [0.5, 0.6) is 0 Å². The van der Waals surface area contributed by atoms with Gasteiger partial charge in [-0.2, -0.15) is 0 Å². The molecule has 9 nitrogen and oxygen atoms in total. The van der Waals surface area contributed by atoms with Crippen LogP contribution in [0.15, 0.2) is 23.3 Å². The van der Waals surface area contributed by atoms with E-state index in [1.165, 1.54) is 12.2 Å². The largest absolute Gasteiger partial charge is 0.458 e. The van der Waals surface area contributed by atoms with Gasteiger partial charge in [0.1, 0.15) is 18.3 Å². The number of fused-ring (bicyclic) bond motifs is 1. The summed E-state index contributed by atoms with van der Waals surface area (Å²) < 4.78 is 17.9. The third kappa shape index (κ3) is 2.73. The van der Waals surface area contributed by atoms with Crippen molar-refractivity contribution in [2.24, 2.45) is 34.5 Å². The number of carbonyl (C=O) groups is 2. The van der Waals surface area contributed by atoms with Crippen LogP contribution in [-0.2, 0) is 23.8 Å². The molecule has 2 bridgehead atoms. The fraction of sp³-hybridized carbons (Fsp3) is 0.760. The predicted molar refractivity (Wildman–Crippen MR) is 117 cm³/mol. The van der Waals surface area contributed by atoms with Crippen LogP contribution in [0, 0.1) is 34.5 Å². The Balaban J connectivity index is 1.77. The molecule has 34 heavy (non-hydrogen) atoms. The fourth-order valence-corrected chi connectivity index (χ4v) is 8.34. The van der Waals surface area contributed by atoms with Gasteiger partial charge in [-0.15, -0.1) is 0 Å². The van der Waals surface area contributed by atoms with E-state index in [0.717, 1.165) is 5.57 Å². The number of allylic oxidation sites excluding steroid dienone is 1. The molecule has 2 saturated heterocycles. The number of aliphatic hydroxyl groups excluding tert-OH is 3. The highest BCUT2D eigenvalue weighted by atomic mass is 16.7. The molecule has 2 aliphatic heterocycles. The van der Waals surface area contributed by atoms with Crippen molar-refractivity contribution in [3.63, 3.8) is 0 Å². The molecule has 12 atom stereocenters. The van der Waals surface area contributed by atoms with Gasteiger partial charge in [-0.25, -0.2) is 4.79 Å². The van der Waals surface area contributed by atoms with Crippen molar-refractivity contribution in [3.8, 4) is 0 Å². The maximum absolute atomic E-state index is 12.8. The third-order valence-corrected chi connectivity index (χ3v) is 9.39. The Labute approximate surface area is 198 Å². The van der Waals surface area contributed by atoms with E-state index in [2.05, 4.69) is 0 Å². The van der Waals surface area contributed by atoms with Crippen LogP contribution in [0.4, 0.5) is 0 Å². The zero-order valence-electron chi connectivity index (χ0n) is 20.1. The molecule has 5 rings (SSSR count). The Kier molecular flexibility index (Phi) is 5.19. The first kappa shape index (κ1) is 23.9.